The number of anilines is 1. The van der Waals surface area contributed by atoms with Gasteiger partial charge in [-0.3, -0.25) is 9.59 Å². The highest BCUT2D eigenvalue weighted by atomic mass is 79.9. The van der Waals surface area contributed by atoms with Gasteiger partial charge in [0.1, 0.15) is 5.82 Å². The number of hydrogen-bond acceptors (Lipinski definition) is 2. The number of hydrogen-bond donors (Lipinski definition) is 0. The maximum absolute atomic E-state index is 13.3. The van der Waals surface area contributed by atoms with E-state index in [9.17, 15) is 14.0 Å². The molecule has 1 atom stereocenters. The van der Waals surface area contributed by atoms with E-state index in [1.807, 2.05) is 0 Å². The van der Waals surface area contributed by atoms with E-state index in [1.54, 1.807) is 26.0 Å². The van der Waals surface area contributed by atoms with E-state index in [0.29, 0.717) is 18.7 Å². The number of benzene rings is 1. The molecule has 0 aromatic heterocycles. The fraction of sp³-hybridized carbons (Fsp3) is 0.467. The molecular weight excluding hydrogens is 325 g/mol. The summed E-state index contributed by atoms with van der Waals surface area (Å²) < 4.78 is 12.6. The van der Waals surface area contributed by atoms with Crippen molar-refractivity contribution in [1.82, 2.24) is 0 Å². The second-order valence-electron chi connectivity index (χ2n) is 5.50. The lowest BCUT2D eigenvalue weighted by atomic mass is 9.87. The molecule has 108 valence electrons. The fourth-order valence-electron chi connectivity index (χ4n) is 2.43. The number of halogens is 2. The zero-order valence-corrected chi connectivity index (χ0v) is 13.1. The molecule has 3 nitrogen and oxygen atoms in total. The molecule has 0 saturated carbocycles. The third-order valence-electron chi connectivity index (χ3n) is 3.46. The third kappa shape index (κ3) is 3.08. The molecule has 1 heterocycles. The number of carbonyl (C=O) groups is 2. The highest BCUT2D eigenvalue weighted by Gasteiger charge is 2.40. The number of piperidine rings is 1. The van der Waals surface area contributed by atoms with Crippen LogP contribution in [0.3, 0.4) is 0 Å². The molecule has 0 unspecified atom stereocenters. The van der Waals surface area contributed by atoms with E-state index < -0.39 is 10.2 Å². The van der Waals surface area contributed by atoms with Gasteiger partial charge in [0.15, 0.2) is 5.78 Å². The summed E-state index contributed by atoms with van der Waals surface area (Å²) in [5.41, 5.74) is 0.514. The first-order valence-electron chi connectivity index (χ1n) is 6.61. The predicted molar refractivity (Wildman–Crippen MR) is 79.5 cm³/mol. The molecule has 0 radical (unpaired) electrons. The maximum atomic E-state index is 13.3. The van der Waals surface area contributed by atoms with Gasteiger partial charge in [-0.05, 0) is 44.9 Å². The highest BCUT2D eigenvalue weighted by Crippen LogP contribution is 2.30. The minimum absolute atomic E-state index is 0.122. The first-order valence-corrected chi connectivity index (χ1v) is 7.40. The third-order valence-corrected chi connectivity index (χ3v) is 3.85. The van der Waals surface area contributed by atoms with Gasteiger partial charge in [0, 0.05) is 12.2 Å². The Balaban J connectivity index is 2.25. The number of Topliss-reactive ketones (excluding diaryl/α,β-unsaturated/α-hetero) is 1. The first-order chi connectivity index (χ1) is 9.30. The van der Waals surface area contributed by atoms with E-state index >= 15 is 0 Å². The molecule has 1 aromatic carbocycles. The largest absolute Gasteiger partial charge is 0.312 e. The van der Waals surface area contributed by atoms with Crippen molar-refractivity contribution in [2.24, 2.45) is 5.92 Å². The van der Waals surface area contributed by atoms with Crippen LogP contribution in [-0.2, 0) is 9.59 Å². The average Bonchev–Trinajstić information content (AvgIpc) is 2.37. The number of carbonyl (C=O) groups excluding carboxylic acids is 2. The molecule has 1 saturated heterocycles. The number of alkyl halides is 1. The molecule has 5 heteroatoms. The Labute approximate surface area is 126 Å². The Hall–Kier alpha value is -1.23. The molecule has 0 aliphatic carbocycles. The zero-order chi connectivity index (χ0) is 14.9. The number of amides is 1. The van der Waals surface area contributed by atoms with Crippen LogP contribution >= 0.6 is 15.9 Å². The predicted octanol–water partition coefficient (Wildman–Crippen LogP) is 3.31. The molecule has 0 spiro atoms. The van der Waals surface area contributed by atoms with Gasteiger partial charge in [-0.15, -0.1) is 0 Å². The van der Waals surface area contributed by atoms with Crippen LogP contribution < -0.4 is 4.90 Å². The summed E-state index contributed by atoms with van der Waals surface area (Å²) in [4.78, 5) is 26.3. The summed E-state index contributed by atoms with van der Waals surface area (Å²) in [6.45, 7) is 4.00. The van der Waals surface area contributed by atoms with Crippen molar-refractivity contribution >= 4 is 33.3 Å². The van der Waals surface area contributed by atoms with Crippen molar-refractivity contribution in [3.63, 3.8) is 0 Å². The summed E-state index contributed by atoms with van der Waals surface area (Å²) in [7, 11) is 0. The van der Waals surface area contributed by atoms with Crippen LogP contribution in [0.1, 0.15) is 26.7 Å². The molecule has 1 aliphatic heterocycles. The van der Waals surface area contributed by atoms with Crippen LogP contribution in [0.25, 0.3) is 0 Å². The molecule has 1 aromatic rings. The van der Waals surface area contributed by atoms with E-state index in [1.165, 1.54) is 17.0 Å². The van der Waals surface area contributed by atoms with Gasteiger partial charge in [0.2, 0.25) is 5.91 Å². The van der Waals surface area contributed by atoms with Gasteiger partial charge in [0.05, 0.1) is 10.2 Å². The SMILES string of the molecule is CC(C)(Br)C(=O)[C@@H]1CCCN(c2cccc(F)c2)C1=O. The van der Waals surface area contributed by atoms with Crippen LogP contribution in [0.2, 0.25) is 0 Å². The molecule has 0 bridgehead atoms. The summed E-state index contributed by atoms with van der Waals surface area (Å²) in [6, 6.07) is 5.91. The normalized spacial score (nSPS) is 20.1. The molecule has 1 fully saturated rings. The maximum Gasteiger partial charge on any atom is 0.237 e. The number of nitrogens with zero attached hydrogens (tertiary/aromatic N) is 1. The second-order valence-corrected chi connectivity index (χ2v) is 7.48. The number of rotatable bonds is 3. The van der Waals surface area contributed by atoms with Crippen molar-refractivity contribution in [3.8, 4) is 0 Å². The van der Waals surface area contributed by atoms with Gasteiger partial charge in [-0.25, -0.2) is 4.39 Å². The standard InChI is InChI=1S/C15H17BrFNO2/c1-15(2,16)13(19)12-7-4-8-18(14(12)20)11-6-3-5-10(17)9-11/h3,5-6,9,12H,4,7-8H2,1-2H3/t12-/m0/s1. The lowest BCUT2D eigenvalue weighted by molar-refractivity contribution is -0.134. The Morgan fingerprint density at radius 1 is 1.45 bits per heavy atom. The quantitative estimate of drug-likeness (QED) is 0.624. The highest BCUT2D eigenvalue weighted by molar-refractivity contribution is 9.10. The van der Waals surface area contributed by atoms with Crippen molar-refractivity contribution in [3.05, 3.63) is 30.1 Å². The van der Waals surface area contributed by atoms with Gasteiger partial charge in [0.25, 0.3) is 0 Å². The first kappa shape index (κ1) is 15.2. The van der Waals surface area contributed by atoms with Crippen molar-refractivity contribution < 1.29 is 14.0 Å². The van der Waals surface area contributed by atoms with Crippen molar-refractivity contribution in [2.45, 2.75) is 31.0 Å². The van der Waals surface area contributed by atoms with Crippen LogP contribution in [-0.4, -0.2) is 22.6 Å². The molecule has 1 aliphatic rings. The molecule has 2 rings (SSSR count). The smallest absolute Gasteiger partial charge is 0.237 e. The Kier molecular flexibility index (Phi) is 4.28. The second kappa shape index (κ2) is 5.64. The van der Waals surface area contributed by atoms with E-state index in [2.05, 4.69) is 15.9 Å². The fourth-order valence-corrected chi connectivity index (χ4v) is 2.71. The summed E-state index contributed by atoms with van der Waals surface area (Å²) in [5, 5.41) is 0. The van der Waals surface area contributed by atoms with E-state index in [0.717, 1.165) is 6.42 Å². The molecule has 0 N–H and O–H groups in total. The Morgan fingerprint density at radius 2 is 2.15 bits per heavy atom. The van der Waals surface area contributed by atoms with Crippen LogP contribution in [0, 0.1) is 11.7 Å². The number of ketones is 1. The summed E-state index contributed by atoms with van der Waals surface area (Å²) in [5.74, 6) is -1.39. The lowest BCUT2D eigenvalue weighted by Crippen LogP contribution is -2.48. The molecule has 20 heavy (non-hydrogen) atoms. The Bertz CT molecular complexity index is 539. The monoisotopic (exact) mass is 341 g/mol. The zero-order valence-electron chi connectivity index (χ0n) is 11.5. The van der Waals surface area contributed by atoms with Crippen molar-refractivity contribution in [2.75, 3.05) is 11.4 Å². The average molecular weight is 342 g/mol. The summed E-state index contributed by atoms with van der Waals surface area (Å²) in [6.07, 6.45) is 1.29. The van der Waals surface area contributed by atoms with E-state index in [4.69, 9.17) is 0 Å². The lowest BCUT2D eigenvalue weighted by Gasteiger charge is -2.33. The van der Waals surface area contributed by atoms with Gasteiger partial charge in [-0.1, -0.05) is 22.0 Å². The van der Waals surface area contributed by atoms with Gasteiger partial charge < -0.3 is 4.90 Å². The Morgan fingerprint density at radius 3 is 2.75 bits per heavy atom. The van der Waals surface area contributed by atoms with Gasteiger partial charge in [-0.2, -0.15) is 0 Å². The molecular formula is C15H17BrFNO2. The minimum atomic E-state index is -0.724. The van der Waals surface area contributed by atoms with Crippen molar-refractivity contribution in [1.29, 1.82) is 0 Å². The topological polar surface area (TPSA) is 37.4 Å². The minimum Gasteiger partial charge on any atom is -0.312 e. The molecule has 1 amide bonds. The van der Waals surface area contributed by atoms with Gasteiger partial charge >= 0.3 is 0 Å². The van der Waals surface area contributed by atoms with Crippen LogP contribution in [0.5, 0.6) is 0 Å². The van der Waals surface area contributed by atoms with Crippen LogP contribution in [0.4, 0.5) is 10.1 Å². The van der Waals surface area contributed by atoms with Crippen LogP contribution in [0.15, 0.2) is 24.3 Å². The van der Waals surface area contributed by atoms with E-state index in [-0.39, 0.29) is 17.5 Å². The summed E-state index contributed by atoms with van der Waals surface area (Å²) >= 11 is 3.31.